The molecule has 2 rings (SSSR count). The van der Waals surface area contributed by atoms with Crippen molar-refractivity contribution in [3.8, 4) is 0 Å². The van der Waals surface area contributed by atoms with Crippen LogP contribution in [0.15, 0.2) is 36.4 Å². The van der Waals surface area contributed by atoms with E-state index >= 15 is 0 Å². The molecule has 0 saturated heterocycles. The topological polar surface area (TPSA) is 34.1 Å². The van der Waals surface area contributed by atoms with E-state index in [1.807, 2.05) is 12.1 Å². The van der Waals surface area contributed by atoms with Crippen LogP contribution in [0.1, 0.15) is 52.9 Å². The third kappa shape index (κ3) is 4.60. The summed E-state index contributed by atoms with van der Waals surface area (Å²) in [6.45, 7) is 5.32. The Kier molecular flexibility index (Phi) is 6.02. The lowest BCUT2D eigenvalue weighted by molar-refractivity contribution is -0.116. The first-order valence-electron chi connectivity index (χ1n) is 8.30. The Morgan fingerprint density at radius 3 is 2.29 bits per heavy atom. The minimum absolute atomic E-state index is 0.0175. The highest BCUT2D eigenvalue weighted by Crippen LogP contribution is 2.19. The second-order valence-electron chi connectivity index (χ2n) is 6.30. The van der Waals surface area contributed by atoms with E-state index in [1.54, 1.807) is 32.0 Å². The van der Waals surface area contributed by atoms with Crippen molar-refractivity contribution >= 4 is 11.6 Å². The number of carbonyl (C=O) groups is 2. The Labute approximate surface area is 142 Å². The SMILES string of the molecule is CCCc1cc(CC(C)=O)ccc1C(=O)Cc1ccc(C)c(F)c1. The van der Waals surface area contributed by atoms with E-state index in [4.69, 9.17) is 0 Å². The molecule has 0 amide bonds. The molecule has 2 aromatic carbocycles. The summed E-state index contributed by atoms with van der Waals surface area (Å²) >= 11 is 0. The van der Waals surface area contributed by atoms with Crippen LogP contribution in [0.5, 0.6) is 0 Å². The Morgan fingerprint density at radius 1 is 1.00 bits per heavy atom. The number of carbonyl (C=O) groups excluding carboxylic acids is 2. The predicted molar refractivity (Wildman–Crippen MR) is 94.0 cm³/mol. The Bertz CT molecular complexity index is 762. The molecule has 0 aliphatic rings. The molecule has 0 unspecified atom stereocenters. The molecular formula is C21H23FO2. The van der Waals surface area contributed by atoms with Gasteiger partial charge in [-0.25, -0.2) is 4.39 Å². The van der Waals surface area contributed by atoms with Crippen LogP contribution in [-0.4, -0.2) is 11.6 Å². The lowest BCUT2D eigenvalue weighted by Gasteiger charge is -2.11. The van der Waals surface area contributed by atoms with Gasteiger partial charge in [0.15, 0.2) is 5.78 Å². The van der Waals surface area contributed by atoms with Gasteiger partial charge in [-0.15, -0.1) is 0 Å². The van der Waals surface area contributed by atoms with Gasteiger partial charge in [-0.1, -0.05) is 43.7 Å². The fourth-order valence-corrected chi connectivity index (χ4v) is 2.82. The van der Waals surface area contributed by atoms with Gasteiger partial charge in [-0.05, 0) is 48.6 Å². The maximum absolute atomic E-state index is 13.7. The van der Waals surface area contributed by atoms with Crippen LogP contribution in [0.2, 0.25) is 0 Å². The maximum atomic E-state index is 13.7. The van der Waals surface area contributed by atoms with Crippen molar-refractivity contribution in [1.29, 1.82) is 0 Å². The molecule has 2 aromatic rings. The third-order valence-electron chi connectivity index (χ3n) is 4.04. The molecule has 0 saturated carbocycles. The molecule has 24 heavy (non-hydrogen) atoms. The minimum Gasteiger partial charge on any atom is -0.300 e. The largest absolute Gasteiger partial charge is 0.300 e. The average molecular weight is 326 g/mol. The molecule has 0 spiro atoms. The first-order valence-corrected chi connectivity index (χ1v) is 8.30. The van der Waals surface area contributed by atoms with Gasteiger partial charge in [-0.3, -0.25) is 9.59 Å². The van der Waals surface area contributed by atoms with Gasteiger partial charge in [0.2, 0.25) is 0 Å². The zero-order valence-electron chi connectivity index (χ0n) is 14.5. The van der Waals surface area contributed by atoms with E-state index in [9.17, 15) is 14.0 Å². The van der Waals surface area contributed by atoms with Gasteiger partial charge in [0.25, 0.3) is 0 Å². The average Bonchev–Trinajstić information content (AvgIpc) is 2.51. The fourth-order valence-electron chi connectivity index (χ4n) is 2.82. The van der Waals surface area contributed by atoms with Crippen molar-refractivity contribution in [2.24, 2.45) is 0 Å². The molecular weight excluding hydrogens is 303 g/mol. The summed E-state index contributed by atoms with van der Waals surface area (Å²) in [6.07, 6.45) is 2.27. The standard InChI is InChI=1S/C21H23FO2/c1-4-5-18-11-16(10-15(3)23)8-9-19(18)21(24)13-17-7-6-14(2)20(22)12-17/h6-9,11-12H,4-5,10,13H2,1-3H3. The van der Waals surface area contributed by atoms with Gasteiger partial charge in [0.1, 0.15) is 11.6 Å². The zero-order chi connectivity index (χ0) is 17.7. The van der Waals surface area contributed by atoms with Crippen molar-refractivity contribution in [2.45, 2.75) is 46.5 Å². The Hall–Kier alpha value is -2.29. The summed E-state index contributed by atoms with van der Waals surface area (Å²) in [7, 11) is 0. The number of aryl methyl sites for hydroxylation is 2. The van der Waals surface area contributed by atoms with Crippen LogP contribution in [0.4, 0.5) is 4.39 Å². The molecule has 0 aromatic heterocycles. The quantitative estimate of drug-likeness (QED) is 0.694. The van der Waals surface area contributed by atoms with Crippen molar-refractivity contribution in [3.05, 3.63) is 70.0 Å². The number of rotatable bonds is 7. The maximum Gasteiger partial charge on any atom is 0.167 e. The smallest absolute Gasteiger partial charge is 0.167 e. The second kappa shape index (κ2) is 8.00. The molecule has 3 heteroatoms. The van der Waals surface area contributed by atoms with E-state index in [0.717, 1.165) is 24.0 Å². The minimum atomic E-state index is -0.286. The Morgan fingerprint density at radius 2 is 1.67 bits per heavy atom. The molecule has 0 fully saturated rings. The van der Waals surface area contributed by atoms with E-state index in [2.05, 4.69) is 6.92 Å². The second-order valence-corrected chi connectivity index (χ2v) is 6.30. The first-order chi connectivity index (χ1) is 11.4. The molecule has 0 aliphatic carbocycles. The molecule has 0 bridgehead atoms. The number of ketones is 2. The van der Waals surface area contributed by atoms with E-state index < -0.39 is 0 Å². The van der Waals surface area contributed by atoms with Gasteiger partial charge in [0.05, 0.1) is 0 Å². The molecule has 0 heterocycles. The monoisotopic (exact) mass is 326 g/mol. The van der Waals surface area contributed by atoms with Crippen molar-refractivity contribution in [3.63, 3.8) is 0 Å². The van der Waals surface area contributed by atoms with Gasteiger partial charge in [-0.2, -0.15) is 0 Å². The highest BCUT2D eigenvalue weighted by Gasteiger charge is 2.14. The summed E-state index contributed by atoms with van der Waals surface area (Å²) in [5.74, 6) is -0.200. The summed E-state index contributed by atoms with van der Waals surface area (Å²) in [4.78, 5) is 23.9. The van der Waals surface area contributed by atoms with Crippen molar-refractivity contribution < 1.29 is 14.0 Å². The van der Waals surface area contributed by atoms with Crippen molar-refractivity contribution in [2.75, 3.05) is 0 Å². The number of hydrogen-bond donors (Lipinski definition) is 0. The van der Waals surface area contributed by atoms with Crippen LogP contribution in [-0.2, 0) is 24.1 Å². The van der Waals surface area contributed by atoms with Crippen LogP contribution >= 0.6 is 0 Å². The predicted octanol–water partition coefficient (Wildman–Crippen LogP) is 4.64. The van der Waals surface area contributed by atoms with Crippen molar-refractivity contribution in [1.82, 2.24) is 0 Å². The number of benzene rings is 2. The van der Waals surface area contributed by atoms with Gasteiger partial charge < -0.3 is 0 Å². The highest BCUT2D eigenvalue weighted by molar-refractivity contribution is 5.99. The summed E-state index contributed by atoms with van der Waals surface area (Å²) < 4.78 is 13.7. The van der Waals surface area contributed by atoms with Gasteiger partial charge >= 0.3 is 0 Å². The lowest BCUT2D eigenvalue weighted by atomic mass is 9.93. The third-order valence-corrected chi connectivity index (χ3v) is 4.04. The van der Waals surface area contributed by atoms with Gasteiger partial charge in [0, 0.05) is 18.4 Å². The van der Waals surface area contributed by atoms with Crippen LogP contribution in [0.3, 0.4) is 0 Å². The highest BCUT2D eigenvalue weighted by atomic mass is 19.1. The molecule has 0 radical (unpaired) electrons. The molecule has 0 atom stereocenters. The summed E-state index contributed by atoms with van der Waals surface area (Å²) in [5, 5.41) is 0. The molecule has 126 valence electrons. The number of Topliss-reactive ketones (excluding diaryl/α,β-unsaturated/α-hetero) is 2. The van der Waals surface area contributed by atoms with E-state index in [-0.39, 0.29) is 23.8 Å². The number of halogens is 1. The first kappa shape index (κ1) is 18.1. The van der Waals surface area contributed by atoms with Crippen LogP contribution in [0, 0.1) is 12.7 Å². The fraction of sp³-hybridized carbons (Fsp3) is 0.333. The van der Waals surface area contributed by atoms with E-state index in [0.29, 0.717) is 23.1 Å². The normalized spacial score (nSPS) is 10.7. The van der Waals surface area contributed by atoms with Crippen LogP contribution in [0.25, 0.3) is 0 Å². The molecule has 0 N–H and O–H groups in total. The zero-order valence-corrected chi connectivity index (χ0v) is 14.5. The number of hydrogen-bond acceptors (Lipinski definition) is 2. The summed E-state index contributed by atoms with van der Waals surface area (Å²) in [6, 6.07) is 10.5. The summed E-state index contributed by atoms with van der Waals surface area (Å²) in [5.41, 5.74) is 3.83. The van der Waals surface area contributed by atoms with E-state index in [1.165, 1.54) is 6.07 Å². The Balaban J connectivity index is 2.26. The molecule has 2 nitrogen and oxygen atoms in total. The lowest BCUT2D eigenvalue weighted by Crippen LogP contribution is -2.09. The molecule has 0 aliphatic heterocycles. The van der Waals surface area contributed by atoms with Crippen LogP contribution < -0.4 is 0 Å².